The molecule has 0 saturated heterocycles. The Morgan fingerprint density at radius 1 is 0.821 bits per heavy atom. The second-order valence-corrected chi connectivity index (χ2v) is 6.94. The number of rotatable bonds is 3. The third kappa shape index (κ3) is 3.14. The molecule has 1 amide bonds. The van der Waals surface area contributed by atoms with Gasteiger partial charge in [-0.2, -0.15) is 0 Å². The van der Waals surface area contributed by atoms with Crippen LogP contribution in [-0.4, -0.2) is 23.2 Å². The molecule has 0 aliphatic heterocycles. The molecule has 4 heteroatoms. The highest BCUT2D eigenvalue weighted by molar-refractivity contribution is 6.16. The van der Waals surface area contributed by atoms with Crippen molar-refractivity contribution in [2.24, 2.45) is 0 Å². The summed E-state index contributed by atoms with van der Waals surface area (Å²) in [6.45, 7) is 4.12. The third-order valence-corrected chi connectivity index (χ3v) is 5.11. The van der Waals surface area contributed by atoms with Crippen LogP contribution in [0.15, 0.2) is 72.8 Å². The van der Waals surface area contributed by atoms with Gasteiger partial charge in [-0.1, -0.05) is 54.6 Å². The lowest BCUT2D eigenvalue weighted by Gasteiger charge is -2.21. The molecule has 4 aromatic rings. The van der Waals surface area contributed by atoms with Gasteiger partial charge in [0.25, 0.3) is 5.91 Å². The fourth-order valence-electron chi connectivity index (χ4n) is 3.29. The highest BCUT2D eigenvalue weighted by Gasteiger charge is 2.23. The van der Waals surface area contributed by atoms with E-state index in [1.165, 1.54) is 5.56 Å². The van der Waals surface area contributed by atoms with Crippen LogP contribution < -0.4 is 4.90 Å². The quantitative estimate of drug-likeness (QED) is 0.500. The van der Waals surface area contributed by atoms with Gasteiger partial charge < -0.3 is 4.90 Å². The number of amides is 1. The van der Waals surface area contributed by atoms with E-state index in [2.05, 4.69) is 24.0 Å². The van der Waals surface area contributed by atoms with Gasteiger partial charge in [-0.05, 0) is 43.2 Å². The first-order valence-electron chi connectivity index (χ1n) is 9.22. The summed E-state index contributed by atoms with van der Waals surface area (Å²) in [7, 11) is 1.80. The molecule has 4 nitrogen and oxygen atoms in total. The first kappa shape index (κ1) is 17.9. The Labute approximate surface area is 164 Å². The van der Waals surface area contributed by atoms with E-state index in [4.69, 9.17) is 0 Å². The van der Waals surface area contributed by atoms with Crippen molar-refractivity contribution in [2.75, 3.05) is 11.9 Å². The van der Waals surface area contributed by atoms with Gasteiger partial charge in [-0.3, -0.25) is 4.79 Å². The van der Waals surface area contributed by atoms with Crippen molar-refractivity contribution < 1.29 is 4.79 Å². The second kappa shape index (κ2) is 7.24. The highest BCUT2D eigenvalue weighted by Crippen LogP contribution is 2.29. The van der Waals surface area contributed by atoms with Gasteiger partial charge >= 0.3 is 0 Å². The number of nitrogens with zero attached hydrogens (tertiary/aromatic N) is 3. The van der Waals surface area contributed by atoms with E-state index in [9.17, 15) is 4.79 Å². The summed E-state index contributed by atoms with van der Waals surface area (Å²) in [5.41, 5.74) is 5.95. The predicted molar refractivity (Wildman–Crippen MR) is 114 cm³/mol. The topological polar surface area (TPSA) is 46.1 Å². The molecule has 0 atom stereocenters. The molecule has 28 heavy (non-hydrogen) atoms. The average Bonchev–Trinajstić information content (AvgIpc) is 2.74. The second-order valence-electron chi connectivity index (χ2n) is 6.94. The summed E-state index contributed by atoms with van der Waals surface area (Å²) >= 11 is 0. The van der Waals surface area contributed by atoms with Crippen molar-refractivity contribution >= 4 is 22.5 Å². The van der Waals surface area contributed by atoms with Gasteiger partial charge in [0.05, 0.1) is 11.1 Å². The molecule has 0 fully saturated rings. The minimum atomic E-state index is -0.104. The smallest absolute Gasteiger partial charge is 0.260 e. The summed E-state index contributed by atoms with van der Waals surface area (Å²) in [5.74, 6) is -0.104. The summed E-state index contributed by atoms with van der Waals surface area (Å²) in [5, 5.41) is 9.55. The number of aromatic nitrogens is 2. The molecular formula is C24H21N3O. The predicted octanol–water partition coefficient (Wildman–Crippen LogP) is 5.19. The molecule has 1 aromatic heterocycles. The van der Waals surface area contributed by atoms with Crippen molar-refractivity contribution in [1.29, 1.82) is 0 Å². The van der Waals surface area contributed by atoms with Crippen LogP contribution in [-0.2, 0) is 0 Å². The van der Waals surface area contributed by atoms with Crippen LogP contribution in [0.4, 0.5) is 5.69 Å². The van der Waals surface area contributed by atoms with Crippen LogP contribution in [0.3, 0.4) is 0 Å². The molecule has 4 rings (SSSR count). The molecule has 0 bridgehead atoms. The van der Waals surface area contributed by atoms with Gasteiger partial charge in [-0.25, -0.2) is 0 Å². The molecular weight excluding hydrogens is 346 g/mol. The normalized spacial score (nSPS) is 10.8. The first-order chi connectivity index (χ1) is 13.6. The molecule has 0 aliphatic carbocycles. The van der Waals surface area contributed by atoms with E-state index in [1.54, 1.807) is 11.9 Å². The first-order valence-corrected chi connectivity index (χ1v) is 9.22. The van der Waals surface area contributed by atoms with Gasteiger partial charge in [0, 0.05) is 23.7 Å². The number of carbonyl (C=O) groups is 1. The lowest BCUT2D eigenvalue weighted by molar-refractivity contribution is 0.0995. The lowest BCUT2D eigenvalue weighted by atomic mass is 10.0. The monoisotopic (exact) mass is 367 g/mol. The van der Waals surface area contributed by atoms with Crippen LogP contribution in [0.1, 0.15) is 21.5 Å². The van der Waals surface area contributed by atoms with Gasteiger partial charge in [0.1, 0.15) is 5.69 Å². The number of fused-ring (bicyclic) bond motifs is 1. The fraction of sp³-hybridized carbons (Fsp3) is 0.125. The maximum absolute atomic E-state index is 13.6. The van der Waals surface area contributed by atoms with Crippen molar-refractivity contribution in [2.45, 2.75) is 13.8 Å². The molecule has 0 N–H and O–H groups in total. The van der Waals surface area contributed by atoms with Crippen molar-refractivity contribution in [3.63, 3.8) is 0 Å². The van der Waals surface area contributed by atoms with Crippen molar-refractivity contribution in [3.8, 4) is 11.3 Å². The minimum Gasteiger partial charge on any atom is -0.311 e. The number of anilines is 1. The molecule has 0 saturated carbocycles. The maximum Gasteiger partial charge on any atom is 0.260 e. The van der Waals surface area contributed by atoms with Gasteiger partial charge in [0.15, 0.2) is 0 Å². The van der Waals surface area contributed by atoms with E-state index >= 15 is 0 Å². The lowest BCUT2D eigenvalue weighted by Crippen LogP contribution is -2.27. The fourth-order valence-corrected chi connectivity index (χ4v) is 3.29. The minimum absolute atomic E-state index is 0.104. The number of carbonyl (C=O) groups excluding carboxylic acids is 1. The van der Waals surface area contributed by atoms with Crippen molar-refractivity contribution in [3.05, 3.63) is 89.5 Å². The number of aryl methyl sites for hydroxylation is 2. The Hall–Kier alpha value is -3.53. The Balaban J connectivity index is 1.90. The summed E-state index contributed by atoms with van der Waals surface area (Å²) in [4.78, 5) is 15.3. The Kier molecular flexibility index (Phi) is 4.62. The van der Waals surface area contributed by atoms with Gasteiger partial charge in [0.2, 0.25) is 0 Å². The van der Waals surface area contributed by atoms with Crippen LogP contribution >= 0.6 is 0 Å². The van der Waals surface area contributed by atoms with E-state index in [0.29, 0.717) is 16.8 Å². The van der Waals surface area contributed by atoms with Crippen LogP contribution in [0, 0.1) is 13.8 Å². The standard InChI is InChI=1S/C24H21N3O/c1-16-13-14-19(15-17(16)2)27(3)24(28)22-20-11-7-8-12-21(20)25-26-23(22)18-9-5-4-6-10-18/h4-15H,1-3H3. The Morgan fingerprint density at radius 2 is 1.54 bits per heavy atom. The molecule has 0 spiro atoms. The van der Waals surface area contributed by atoms with E-state index < -0.39 is 0 Å². The SMILES string of the molecule is Cc1ccc(N(C)C(=O)c2c(-c3ccccc3)nnc3ccccc23)cc1C. The molecule has 0 radical (unpaired) electrons. The largest absolute Gasteiger partial charge is 0.311 e. The van der Waals surface area contributed by atoms with Gasteiger partial charge in [-0.15, -0.1) is 10.2 Å². The molecule has 1 heterocycles. The van der Waals surface area contributed by atoms with Crippen LogP contribution in [0.25, 0.3) is 22.2 Å². The Morgan fingerprint density at radius 3 is 2.29 bits per heavy atom. The zero-order valence-corrected chi connectivity index (χ0v) is 16.2. The zero-order valence-electron chi connectivity index (χ0n) is 16.2. The highest BCUT2D eigenvalue weighted by atomic mass is 16.2. The number of hydrogen-bond donors (Lipinski definition) is 0. The van der Waals surface area contributed by atoms with Crippen LogP contribution in [0.5, 0.6) is 0 Å². The Bertz CT molecular complexity index is 1170. The van der Waals surface area contributed by atoms with E-state index in [0.717, 1.165) is 22.2 Å². The van der Waals surface area contributed by atoms with E-state index in [1.807, 2.05) is 72.8 Å². The summed E-state index contributed by atoms with van der Waals surface area (Å²) in [6.07, 6.45) is 0. The van der Waals surface area contributed by atoms with E-state index in [-0.39, 0.29) is 5.91 Å². The molecule has 138 valence electrons. The molecule has 0 unspecified atom stereocenters. The summed E-state index contributed by atoms with van der Waals surface area (Å²) in [6, 6.07) is 23.4. The summed E-state index contributed by atoms with van der Waals surface area (Å²) < 4.78 is 0. The van der Waals surface area contributed by atoms with Crippen molar-refractivity contribution in [1.82, 2.24) is 10.2 Å². The average molecular weight is 367 g/mol. The number of benzene rings is 3. The molecule has 0 aliphatic rings. The molecule has 3 aromatic carbocycles. The third-order valence-electron chi connectivity index (χ3n) is 5.11. The zero-order chi connectivity index (χ0) is 19.7. The van der Waals surface area contributed by atoms with Crippen LogP contribution in [0.2, 0.25) is 0 Å². The number of hydrogen-bond acceptors (Lipinski definition) is 3. The maximum atomic E-state index is 13.6.